The Morgan fingerprint density at radius 1 is 1.15 bits per heavy atom. The van der Waals surface area contributed by atoms with E-state index in [0.29, 0.717) is 12.6 Å². The van der Waals surface area contributed by atoms with Crippen molar-refractivity contribution in [1.29, 1.82) is 0 Å². The molecule has 0 aliphatic carbocycles. The highest BCUT2D eigenvalue weighted by atomic mass is 79.9. The Balaban J connectivity index is 1.61. The van der Waals surface area contributed by atoms with Crippen molar-refractivity contribution >= 4 is 21.7 Å². The molecular formula is C16H21BrN2O. The maximum absolute atomic E-state index is 12.4. The highest BCUT2D eigenvalue weighted by molar-refractivity contribution is 9.10. The minimum atomic E-state index is 0.240. The number of carbonyl (C=O) groups excluding carboxylic acids is 1. The predicted molar refractivity (Wildman–Crippen MR) is 84.1 cm³/mol. The van der Waals surface area contributed by atoms with Crippen LogP contribution in [0.15, 0.2) is 28.7 Å². The van der Waals surface area contributed by atoms with E-state index in [1.165, 1.54) is 32.4 Å². The van der Waals surface area contributed by atoms with Crippen LogP contribution in [0, 0.1) is 0 Å². The number of rotatable bonds is 3. The fourth-order valence-corrected chi connectivity index (χ4v) is 3.62. The first-order valence-electron chi connectivity index (χ1n) is 7.47. The number of ketones is 1. The third-order valence-corrected chi connectivity index (χ3v) is 4.95. The van der Waals surface area contributed by atoms with Gasteiger partial charge in [0.1, 0.15) is 0 Å². The second-order valence-electron chi connectivity index (χ2n) is 5.85. The molecule has 3 nitrogen and oxygen atoms in total. The Morgan fingerprint density at radius 3 is 2.70 bits per heavy atom. The van der Waals surface area contributed by atoms with Crippen molar-refractivity contribution in [3.63, 3.8) is 0 Å². The summed E-state index contributed by atoms with van der Waals surface area (Å²) in [6.07, 6.45) is 3.80. The molecule has 1 unspecified atom stereocenters. The van der Waals surface area contributed by atoms with Gasteiger partial charge in [0.05, 0.1) is 6.54 Å². The van der Waals surface area contributed by atoms with E-state index in [1.807, 2.05) is 24.3 Å². The zero-order valence-corrected chi connectivity index (χ0v) is 13.3. The molecule has 20 heavy (non-hydrogen) atoms. The van der Waals surface area contributed by atoms with Crippen molar-refractivity contribution in [2.75, 3.05) is 32.7 Å². The minimum Gasteiger partial charge on any atom is -0.299 e. The van der Waals surface area contributed by atoms with E-state index >= 15 is 0 Å². The first kappa shape index (κ1) is 14.2. The van der Waals surface area contributed by atoms with Gasteiger partial charge in [-0.1, -0.05) is 28.1 Å². The molecule has 2 fully saturated rings. The lowest BCUT2D eigenvalue weighted by Crippen LogP contribution is -2.38. The maximum atomic E-state index is 12.4. The predicted octanol–water partition coefficient (Wildman–Crippen LogP) is 2.80. The van der Waals surface area contributed by atoms with E-state index in [1.54, 1.807) is 0 Å². The molecule has 0 bridgehead atoms. The Morgan fingerprint density at radius 2 is 1.90 bits per heavy atom. The minimum absolute atomic E-state index is 0.240. The largest absolute Gasteiger partial charge is 0.299 e. The van der Waals surface area contributed by atoms with Crippen molar-refractivity contribution in [2.24, 2.45) is 0 Å². The normalized spacial score (nSPS) is 24.4. The van der Waals surface area contributed by atoms with E-state index in [9.17, 15) is 4.79 Å². The van der Waals surface area contributed by atoms with Crippen LogP contribution in [0.1, 0.15) is 29.6 Å². The molecule has 2 heterocycles. The number of halogens is 1. The van der Waals surface area contributed by atoms with Crippen LogP contribution in [-0.2, 0) is 0 Å². The monoisotopic (exact) mass is 336 g/mol. The van der Waals surface area contributed by atoms with Crippen LogP contribution < -0.4 is 0 Å². The Kier molecular flexibility index (Phi) is 4.54. The molecule has 0 N–H and O–H groups in total. The van der Waals surface area contributed by atoms with Crippen LogP contribution >= 0.6 is 15.9 Å². The van der Waals surface area contributed by atoms with E-state index < -0.39 is 0 Å². The van der Waals surface area contributed by atoms with Gasteiger partial charge >= 0.3 is 0 Å². The van der Waals surface area contributed by atoms with Gasteiger partial charge < -0.3 is 0 Å². The molecule has 2 aliphatic heterocycles. The van der Waals surface area contributed by atoms with E-state index in [4.69, 9.17) is 0 Å². The van der Waals surface area contributed by atoms with Crippen LogP contribution in [0.3, 0.4) is 0 Å². The fourth-order valence-electron chi connectivity index (χ4n) is 3.36. The molecule has 1 atom stereocenters. The second kappa shape index (κ2) is 6.37. The smallest absolute Gasteiger partial charge is 0.176 e. The zero-order valence-electron chi connectivity index (χ0n) is 11.7. The van der Waals surface area contributed by atoms with Crippen molar-refractivity contribution in [3.05, 3.63) is 34.3 Å². The molecule has 2 saturated heterocycles. The second-order valence-corrected chi connectivity index (χ2v) is 6.77. The van der Waals surface area contributed by atoms with Gasteiger partial charge in [-0.05, 0) is 51.0 Å². The first-order valence-corrected chi connectivity index (χ1v) is 8.27. The summed E-state index contributed by atoms with van der Waals surface area (Å²) in [5.74, 6) is 0.240. The van der Waals surface area contributed by atoms with Gasteiger partial charge in [-0.15, -0.1) is 0 Å². The first-order chi connectivity index (χ1) is 9.72. The summed E-state index contributed by atoms with van der Waals surface area (Å²) < 4.78 is 1.02. The highest BCUT2D eigenvalue weighted by Gasteiger charge is 2.29. The molecule has 1 aromatic carbocycles. The van der Waals surface area contributed by atoms with Crippen molar-refractivity contribution in [2.45, 2.75) is 25.3 Å². The lowest BCUT2D eigenvalue weighted by molar-refractivity contribution is 0.0925. The molecule has 108 valence electrons. The number of Topliss-reactive ketones (excluding diaryl/α,β-unsaturated/α-hetero) is 1. The summed E-state index contributed by atoms with van der Waals surface area (Å²) >= 11 is 3.41. The van der Waals surface area contributed by atoms with Crippen molar-refractivity contribution in [3.8, 4) is 0 Å². The molecule has 0 saturated carbocycles. The number of hydrogen-bond donors (Lipinski definition) is 0. The summed E-state index contributed by atoms with van der Waals surface area (Å²) in [5, 5.41) is 0. The number of hydrogen-bond acceptors (Lipinski definition) is 3. The summed E-state index contributed by atoms with van der Waals surface area (Å²) in [6.45, 7) is 5.12. The highest BCUT2D eigenvalue weighted by Crippen LogP contribution is 2.21. The molecule has 3 rings (SSSR count). The number of benzene rings is 1. The maximum Gasteiger partial charge on any atom is 0.176 e. The molecule has 0 spiro atoms. The molecule has 0 radical (unpaired) electrons. The van der Waals surface area contributed by atoms with Gasteiger partial charge in [-0.2, -0.15) is 0 Å². The number of nitrogens with zero attached hydrogens (tertiary/aromatic N) is 2. The van der Waals surface area contributed by atoms with Gasteiger partial charge in [0.15, 0.2) is 5.78 Å². The standard InChI is InChI=1S/C16H21BrN2O/c17-14-6-4-13(5-7-14)16(20)12-18-8-2-10-19-9-1-3-15(19)11-18/h4-7,15H,1-3,8-12H2. The average molecular weight is 337 g/mol. The lowest BCUT2D eigenvalue weighted by atomic mass is 10.1. The topological polar surface area (TPSA) is 23.6 Å². The summed E-state index contributed by atoms with van der Waals surface area (Å²) in [6, 6.07) is 8.37. The third-order valence-electron chi connectivity index (χ3n) is 4.42. The Labute approximate surface area is 129 Å². The Bertz CT molecular complexity index is 474. The molecule has 2 aliphatic rings. The van der Waals surface area contributed by atoms with Crippen molar-refractivity contribution in [1.82, 2.24) is 9.80 Å². The van der Waals surface area contributed by atoms with Gasteiger partial charge in [-0.3, -0.25) is 14.6 Å². The van der Waals surface area contributed by atoms with Crippen LogP contribution in [-0.4, -0.2) is 54.3 Å². The van der Waals surface area contributed by atoms with Gasteiger partial charge in [0.25, 0.3) is 0 Å². The SMILES string of the molecule is O=C(CN1CCCN2CCCC2C1)c1ccc(Br)cc1. The van der Waals surface area contributed by atoms with E-state index in [2.05, 4.69) is 25.7 Å². The fraction of sp³-hybridized carbons (Fsp3) is 0.562. The van der Waals surface area contributed by atoms with Crippen LogP contribution in [0.2, 0.25) is 0 Å². The molecule has 0 aromatic heterocycles. The zero-order chi connectivity index (χ0) is 13.9. The quantitative estimate of drug-likeness (QED) is 0.793. The summed E-state index contributed by atoms with van der Waals surface area (Å²) in [5.41, 5.74) is 0.820. The third kappa shape index (κ3) is 3.30. The van der Waals surface area contributed by atoms with Crippen LogP contribution in [0.5, 0.6) is 0 Å². The molecule has 4 heteroatoms. The van der Waals surface area contributed by atoms with Crippen molar-refractivity contribution < 1.29 is 4.79 Å². The molecule has 1 aromatic rings. The van der Waals surface area contributed by atoms with Gasteiger partial charge in [0, 0.05) is 22.6 Å². The average Bonchev–Trinajstić information content (AvgIpc) is 2.78. The summed E-state index contributed by atoms with van der Waals surface area (Å²) in [7, 11) is 0. The van der Waals surface area contributed by atoms with E-state index in [-0.39, 0.29) is 5.78 Å². The van der Waals surface area contributed by atoms with Gasteiger partial charge in [0.2, 0.25) is 0 Å². The number of carbonyl (C=O) groups is 1. The Hall–Kier alpha value is -0.710. The molecule has 0 amide bonds. The lowest BCUT2D eigenvalue weighted by Gasteiger charge is -2.25. The van der Waals surface area contributed by atoms with Crippen LogP contribution in [0.4, 0.5) is 0 Å². The van der Waals surface area contributed by atoms with E-state index in [0.717, 1.165) is 23.1 Å². The number of fused-ring (bicyclic) bond motifs is 1. The van der Waals surface area contributed by atoms with Crippen LogP contribution in [0.25, 0.3) is 0 Å². The molecular weight excluding hydrogens is 316 g/mol. The van der Waals surface area contributed by atoms with Gasteiger partial charge in [-0.25, -0.2) is 0 Å². The summed E-state index contributed by atoms with van der Waals surface area (Å²) in [4.78, 5) is 17.3.